The molecule has 0 aromatic heterocycles. The monoisotopic (exact) mass is 282 g/mol. The topological polar surface area (TPSA) is 68.3 Å². The van der Waals surface area contributed by atoms with Crippen LogP contribution in [0.4, 0.5) is 5.69 Å². The third kappa shape index (κ3) is 3.67. The van der Waals surface area contributed by atoms with E-state index in [1.54, 1.807) is 30.3 Å². The van der Waals surface area contributed by atoms with Crippen LogP contribution in [0.3, 0.4) is 0 Å². The summed E-state index contributed by atoms with van der Waals surface area (Å²) in [6, 6.07) is 12.7. The van der Waals surface area contributed by atoms with E-state index < -0.39 is 0 Å². The van der Waals surface area contributed by atoms with Crippen molar-refractivity contribution in [1.82, 2.24) is 0 Å². The van der Waals surface area contributed by atoms with Gasteiger partial charge in [0, 0.05) is 6.07 Å². The van der Waals surface area contributed by atoms with E-state index in [0.717, 1.165) is 5.56 Å². The SMILES string of the molecule is Cc1ccc(C#N)cc1Oc1ccc(N)c(OC(C)C)c1. The molecule has 0 radical (unpaired) electrons. The zero-order valence-electron chi connectivity index (χ0n) is 12.4. The highest BCUT2D eigenvalue weighted by atomic mass is 16.5. The zero-order chi connectivity index (χ0) is 15.4. The van der Waals surface area contributed by atoms with Crippen LogP contribution in [-0.2, 0) is 0 Å². The minimum atomic E-state index is 0.0335. The van der Waals surface area contributed by atoms with Gasteiger partial charge in [0.25, 0.3) is 0 Å². The van der Waals surface area contributed by atoms with Crippen molar-refractivity contribution in [2.24, 2.45) is 0 Å². The summed E-state index contributed by atoms with van der Waals surface area (Å²) in [5, 5.41) is 8.96. The molecule has 2 aromatic rings. The number of aryl methyl sites for hydroxylation is 1. The lowest BCUT2D eigenvalue weighted by Crippen LogP contribution is -2.07. The number of rotatable bonds is 4. The maximum Gasteiger partial charge on any atom is 0.146 e. The lowest BCUT2D eigenvalue weighted by Gasteiger charge is -2.14. The lowest BCUT2D eigenvalue weighted by atomic mass is 10.1. The second kappa shape index (κ2) is 6.19. The first-order valence-corrected chi connectivity index (χ1v) is 6.74. The molecule has 0 bridgehead atoms. The van der Waals surface area contributed by atoms with Crippen LogP contribution in [0.1, 0.15) is 25.0 Å². The molecule has 0 spiro atoms. The Bertz CT molecular complexity index is 688. The highest BCUT2D eigenvalue weighted by Crippen LogP contribution is 2.32. The average Bonchev–Trinajstić information content (AvgIpc) is 2.44. The largest absolute Gasteiger partial charge is 0.489 e. The maximum absolute atomic E-state index is 8.96. The molecule has 108 valence electrons. The molecule has 0 heterocycles. The van der Waals surface area contributed by atoms with Gasteiger partial charge in [-0.05, 0) is 50.6 Å². The first-order chi connectivity index (χ1) is 9.99. The van der Waals surface area contributed by atoms with Crippen molar-refractivity contribution in [2.45, 2.75) is 26.9 Å². The predicted octanol–water partition coefficient (Wildman–Crippen LogP) is 4.03. The van der Waals surface area contributed by atoms with E-state index in [9.17, 15) is 0 Å². The van der Waals surface area contributed by atoms with E-state index in [1.165, 1.54) is 0 Å². The van der Waals surface area contributed by atoms with Gasteiger partial charge in [0.05, 0.1) is 23.4 Å². The van der Waals surface area contributed by atoms with Crippen molar-refractivity contribution in [3.8, 4) is 23.3 Å². The normalized spacial score (nSPS) is 10.2. The van der Waals surface area contributed by atoms with E-state index in [0.29, 0.717) is 28.5 Å². The molecule has 2 rings (SSSR count). The first-order valence-electron chi connectivity index (χ1n) is 6.74. The molecular weight excluding hydrogens is 264 g/mol. The summed E-state index contributed by atoms with van der Waals surface area (Å²) in [5.74, 6) is 1.86. The van der Waals surface area contributed by atoms with Crippen molar-refractivity contribution in [3.63, 3.8) is 0 Å². The summed E-state index contributed by atoms with van der Waals surface area (Å²) in [5.41, 5.74) is 7.97. The molecule has 2 N–H and O–H groups in total. The Morgan fingerprint density at radius 1 is 1.10 bits per heavy atom. The molecule has 4 heteroatoms. The molecule has 0 unspecified atom stereocenters. The molecule has 4 nitrogen and oxygen atoms in total. The number of nitrogen functional groups attached to an aromatic ring is 1. The minimum Gasteiger partial charge on any atom is -0.489 e. The van der Waals surface area contributed by atoms with Crippen LogP contribution >= 0.6 is 0 Å². The van der Waals surface area contributed by atoms with E-state index in [2.05, 4.69) is 6.07 Å². The fourth-order valence-electron chi connectivity index (χ4n) is 1.84. The van der Waals surface area contributed by atoms with Gasteiger partial charge in [-0.25, -0.2) is 0 Å². The smallest absolute Gasteiger partial charge is 0.146 e. The molecule has 0 aliphatic heterocycles. The molecule has 0 aliphatic carbocycles. The quantitative estimate of drug-likeness (QED) is 0.860. The molecule has 0 aliphatic rings. The van der Waals surface area contributed by atoms with Crippen LogP contribution < -0.4 is 15.2 Å². The van der Waals surface area contributed by atoms with Gasteiger partial charge in [-0.15, -0.1) is 0 Å². The molecular formula is C17H18N2O2. The maximum atomic E-state index is 8.96. The van der Waals surface area contributed by atoms with Crippen molar-refractivity contribution in [1.29, 1.82) is 5.26 Å². The van der Waals surface area contributed by atoms with Crippen molar-refractivity contribution < 1.29 is 9.47 Å². The first kappa shape index (κ1) is 14.7. The van der Waals surface area contributed by atoms with Crippen molar-refractivity contribution in [2.75, 3.05) is 5.73 Å². The standard InChI is InChI=1S/C17H18N2O2/c1-11(2)20-17-9-14(6-7-15(17)19)21-16-8-13(10-18)5-4-12(16)3/h4-9,11H,19H2,1-3H3. The minimum absolute atomic E-state index is 0.0335. The summed E-state index contributed by atoms with van der Waals surface area (Å²) in [4.78, 5) is 0. The van der Waals surface area contributed by atoms with Crippen LogP contribution in [0.15, 0.2) is 36.4 Å². The third-order valence-electron chi connectivity index (χ3n) is 2.89. The van der Waals surface area contributed by atoms with Gasteiger partial charge in [-0.2, -0.15) is 5.26 Å². The van der Waals surface area contributed by atoms with Crippen LogP contribution in [0.2, 0.25) is 0 Å². The Morgan fingerprint density at radius 3 is 2.52 bits per heavy atom. The zero-order valence-corrected chi connectivity index (χ0v) is 12.4. The molecule has 0 fully saturated rings. The van der Waals surface area contributed by atoms with Gasteiger partial charge in [0.15, 0.2) is 0 Å². The van der Waals surface area contributed by atoms with E-state index >= 15 is 0 Å². The molecule has 0 saturated heterocycles. The summed E-state index contributed by atoms with van der Waals surface area (Å²) in [6.45, 7) is 5.81. The van der Waals surface area contributed by atoms with E-state index in [4.69, 9.17) is 20.5 Å². The molecule has 0 atom stereocenters. The Kier molecular flexibility index (Phi) is 4.34. The number of anilines is 1. The number of ether oxygens (including phenoxy) is 2. The van der Waals surface area contributed by atoms with Gasteiger partial charge < -0.3 is 15.2 Å². The Balaban J connectivity index is 2.30. The van der Waals surface area contributed by atoms with Gasteiger partial charge in [0.2, 0.25) is 0 Å². The molecule has 21 heavy (non-hydrogen) atoms. The van der Waals surface area contributed by atoms with Crippen LogP contribution in [0.25, 0.3) is 0 Å². The van der Waals surface area contributed by atoms with Crippen molar-refractivity contribution >= 4 is 5.69 Å². The summed E-state index contributed by atoms with van der Waals surface area (Å²) in [7, 11) is 0. The average molecular weight is 282 g/mol. The van der Waals surface area contributed by atoms with E-state index in [1.807, 2.05) is 26.8 Å². The van der Waals surface area contributed by atoms with Gasteiger partial charge >= 0.3 is 0 Å². The number of nitrogens with two attached hydrogens (primary N) is 1. The summed E-state index contributed by atoms with van der Waals surface area (Å²) < 4.78 is 11.5. The second-order valence-corrected chi connectivity index (χ2v) is 5.06. The van der Waals surface area contributed by atoms with Gasteiger partial charge in [-0.1, -0.05) is 6.07 Å². The molecule has 0 amide bonds. The third-order valence-corrected chi connectivity index (χ3v) is 2.89. The predicted molar refractivity (Wildman–Crippen MR) is 82.6 cm³/mol. The highest BCUT2D eigenvalue weighted by Gasteiger charge is 2.08. The van der Waals surface area contributed by atoms with Crippen LogP contribution in [-0.4, -0.2) is 6.10 Å². The molecule has 2 aromatic carbocycles. The van der Waals surface area contributed by atoms with Crippen LogP contribution in [0, 0.1) is 18.3 Å². The van der Waals surface area contributed by atoms with E-state index in [-0.39, 0.29) is 6.10 Å². The summed E-state index contributed by atoms with van der Waals surface area (Å²) in [6.07, 6.45) is 0.0335. The van der Waals surface area contributed by atoms with Gasteiger partial charge in [0.1, 0.15) is 17.2 Å². The number of hydrogen-bond acceptors (Lipinski definition) is 4. The number of benzene rings is 2. The second-order valence-electron chi connectivity index (χ2n) is 5.06. The number of hydrogen-bond donors (Lipinski definition) is 1. The number of nitriles is 1. The fourth-order valence-corrected chi connectivity index (χ4v) is 1.84. The number of nitrogens with zero attached hydrogens (tertiary/aromatic N) is 1. The summed E-state index contributed by atoms with van der Waals surface area (Å²) >= 11 is 0. The van der Waals surface area contributed by atoms with Crippen molar-refractivity contribution in [3.05, 3.63) is 47.5 Å². The van der Waals surface area contributed by atoms with Crippen LogP contribution in [0.5, 0.6) is 17.2 Å². The Hall–Kier alpha value is -2.67. The lowest BCUT2D eigenvalue weighted by molar-refractivity contribution is 0.243. The van der Waals surface area contributed by atoms with Gasteiger partial charge in [-0.3, -0.25) is 0 Å². The Morgan fingerprint density at radius 2 is 1.86 bits per heavy atom. The molecule has 0 saturated carbocycles. The highest BCUT2D eigenvalue weighted by molar-refractivity contribution is 5.56. The Labute approximate surface area is 124 Å². The fraction of sp³-hybridized carbons (Fsp3) is 0.235.